The van der Waals surface area contributed by atoms with Crippen molar-refractivity contribution < 1.29 is 14.3 Å². The van der Waals surface area contributed by atoms with Crippen LogP contribution >= 0.6 is 0 Å². The molecule has 0 aromatic heterocycles. The standard InChI is InChI=1S/C36H46O3/c1-33(2,3)25-34(4,5)29-18-22-31(23-19-29)39-36(8,9)26-35(6,7)38-30-20-15-27(16-21-30)17-24-32(37)28-13-11-10-12-14-28/h10-24H,25-26H2,1-9H3/b24-17+. The van der Waals surface area contributed by atoms with E-state index in [0.29, 0.717) is 12.0 Å². The highest BCUT2D eigenvalue weighted by atomic mass is 16.5. The summed E-state index contributed by atoms with van der Waals surface area (Å²) < 4.78 is 12.8. The largest absolute Gasteiger partial charge is 0.488 e. The molecular weight excluding hydrogens is 480 g/mol. The van der Waals surface area contributed by atoms with Gasteiger partial charge in [0.1, 0.15) is 22.7 Å². The van der Waals surface area contributed by atoms with Crippen LogP contribution in [-0.2, 0) is 5.41 Å². The zero-order valence-electron chi connectivity index (χ0n) is 25.3. The van der Waals surface area contributed by atoms with Crippen LogP contribution < -0.4 is 9.47 Å². The topological polar surface area (TPSA) is 35.5 Å². The minimum Gasteiger partial charge on any atom is -0.488 e. The van der Waals surface area contributed by atoms with Crippen LogP contribution in [0, 0.1) is 5.41 Å². The van der Waals surface area contributed by atoms with Crippen LogP contribution in [0.1, 0.15) is 96.6 Å². The van der Waals surface area contributed by atoms with Crippen LogP contribution in [0.4, 0.5) is 0 Å². The van der Waals surface area contributed by atoms with Crippen molar-refractivity contribution in [2.24, 2.45) is 5.41 Å². The molecule has 0 atom stereocenters. The van der Waals surface area contributed by atoms with E-state index in [4.69, 9.17) is 9.47 Å². The van der Waals surface area contributed by atoms with Crippen molar-refractivity contribution in [3.05, 3.63) is 102 Å². The van der Waals surface area contributed by atoms with Gasteiger partial charge in [-0.05, 0) is 86.4 Å². The molecule has 0 aliphatic rings. The SMILES string of the molecule is CC(C)(C)CC(C)(C)c1ccc(OC(C)(C)CC(C)(C)Oc2ccc(/C=C/C(=O)c3ccccc3)cc2)cc1. The number of allylic oxidation sites excluding steroid dienone is 1. The summed E-state index contributed by atoms with van der Waals surface area (Å²) in [6.07, 6.45) is 5.24. The Hall–Kier alpha value is -3.33. The van der Waals surface area contributed by atoms with Crippen molar-refractivity contribution in [1.82, 2.24) is 0 Å². The van der Waals surface area contributed by atoms with Gasteiger partial charge in [0, 0.05) is 12.0 Å². The van der Waals surface area contributed by atoms with Gasteiger partial charge in [-0.1, -0.05) is 95.3 Å². The van der Waals surface area contributed by atoms with E-state index in [1.165, 1.54) is 5.56 Å². The van der Waals surface area contributed by atoms with Gasteiger partial charge in [-0.15, -0.1) is 0 Å². The zero-order valence-corrected chi connectivity index (χ0v) is 25.3. The summed E-state index contributed by atoms with van der Waals surface area (Å²) >= 11 is 0. The molecule has 3 aromatic carbocycles. The quantitative estimate of drug-likeness (QED) is 0.184. The second-order valence-corrected chi connectivity index (χ2v) is 13.7. The molecule has 0 aliphatic carbocycles. The molecular formula is C36H46O3. The Morgan fingerprint density at radius 3 is 1.62 bits per heavy atom. The van der Waals surface area contributed by atoms with Crippen LogP contribution in [0.25, 0.3) is 6.08 Å². The van der Waals surface area contributed by atoms with Gasteiger partial charge < -0.3 is 9.47 Å². The first-order valence-corrected chi connectivity index (χ1v) is 13.9. The second kappa shape index (κ2) is 11.8. The number of carbonyl (C=O) groups excluding carboxylic acids is 1. The van der Waals surface area contributed by atoms with Gasteiger partial charge in [-0.3, -0.25) is 4.79 Å². The molecule has 0 saturated heterocycles. The van der Waals surface area contributed by atoms with Crippen LogP contribution in [0.5, 0.6) is 11.5 Å². The Morgan fingerprint density at radius 1 is 0.641 bits per heavy atom. The van der Waals surface area contributed by atoms with Crippen molar-refractivity contribution in [2.75, 3.05) is 0 Å². The number of hydrogen-bond donors (Lipinski definition) is 0. The lowest BCUT2D eigenvalue weighted by Gasteiger charge is -2.36. The summed E-state index contributed by atoms with van der Waals surface area (Å²) in [5.74, 6) is 1.64. The smallest absolute Gasteiger partial charge is 0.185 e. The molecule has 0 radical (unpaired) electrons. The fourth-order valence-corrected chi connectivity index (χ4v) is 5.66. The summed E-state index contributed by atoms with van der Waals surface area (Å²) in [6.45, 7) is 19.9. The van der Waals surface area contributed by atoms with Gasteiger partial charge in [0.15, 0.2) is 5.78 Å². The number of rotatable bonds is 11. The minimum atomic E-state index is -0.446. The fraction of sp³-hybridized carbons (Fsp3) is 0.417. The highest BCUT2D eigenvalue weighted by Crippen LogP contribution is 2.37. The highest BCUT2D eigenvalue weighted by Gasteiger charge is 2.33. The Balaban J connectivity index is 1.58. The number of benzene rings is 3. The molecule has 3 aromatic rings. The van der Waals surface area contributed by atoms with Crippen molar-refractivity contribution in [2.45, 2.75) is 91.8 Å². The van der Waals surface area contributed by atoms with Crippen molar-refractivity contribution >= 4 is 11.9 Å². The van der Waals surface area contributed by atoms with E-state index in [1.807, 2.05) is 60.7 Å². The first kappa shape index (κ1) is 30.2. The van der Waals surface area contributed by atoms with Gasteiger partial charge in [0.05, 0.1) is 0 Å². The van der Waals surface area contributed by atoms with Gasteiger partial charge in [0.2, 0.25) is 0 Å². The van der Waals surface area contributed by atoms with Crippen LogP contribution in [-0.4, -0.2) is 17.0 Å². The first-order chi connectivity index (χ1) is 18.0. The monoisotopic (exact) mass is 526 g/mol. The maximum Gasteiger partial charge on any atom is 0.185 e. The minimum absolute atomic E-state index is 0.0115. The Bertz CT molecular complexity index is 1240. The fourth-order valence-electron chi connectivity index (χ4n) is 5.66. The Morgan fingerprint density at radius 2 is 1.13 bits per heavy atom. The average Bonchev–Trinajstić information content (AvgIpc) is 2.81. The summed E-state index contributed by atoms with van der Waals surface area (Å²) in [5, 5.41) is 0. The summed E-state index contributed by atoms with van der Waals surface area (Å²) in [4.78, 5) is 12.3. The van der Waals surface area contributed by atoms with E-state index in [1.54, 1.807) is 6.08 Å². The van der Waals surface area contributed by atoms with Gasteiger partial charge in [0.25, 0.3) is 0 Å². The van der Waals surface area contributed by atoms with Crippen molar-refractivity contribution in [3.63, 3.8) is 0 Å². The van der Waals surface area contributed by atoms with Crippen LogP contribution in [0.3, 0.4) is 0 Å². The molecule has 3 heteroatoms. The average molecular weight is 527 g/mol. The summed E-state index contributed by atoms with van der Waals surface area (Å²) in [7, 11) is 0. The van der Waals surface area contributed by atoms with Crippen molar-refractivity contribution in [3.8, 4) is 11.5 Å². The molecule has 0 N–H and O–H groups in total. The predicted octanol–water partition coefficient (Wildman–Crippen LogP) is 9.70. The van der Waals surface area contributed by atoms with Crippen molar-refractivity contribution in [1.29, 1.82) is 0 Å². The molecule has 0 spiro atoms. The maximum atomic E-state index is 12.3. The molecule has 3 rings (SSSR count). The Labute approximate surface area is 236 Å². The van der Waals surface area contributed by atoms with E-state index in [2.05, 4.69) is 86.6 Å². The molecule has 3 nitrogen and oxygen atoms in total. The van der Waals surface area contributed by atoms with E-state index in [-0.39, 0.29) is 16.6 Å². The maximum absolute atomic E-state index is 12.3. The van der Waals surface area contributed by atoms with Gasteiger partial charge in [-0.2, -0.15) is 0 Å². The third-order valence-electron chi connectivity index (χ3n) is 6.61. The van der Waals surface area contributed by atoms with E-state index >= 15 is 0 Å². The molecule has 0 aliphatic heterocycles. The van der Waals surface area contributed by atoms with Crippen LogP contribution in [0.2, 0.25) is 0 Å². The Kier molecular flexibility index (Phi) is 9.16. The third-order valence-corrected chi connectivity index (χ3v) is 6.61. The van der Waals surface area contributed by atoms with E-state index in [9.17, 15) is 4.79 Å². The molecule has 39 heavy (non-hydrogen) atoms. The zero-order chi connectivity index (χ0) is 28.9. The molecule has 0 saturated carbocycles. The lowest BCUT2D eigenvalue weighted by molar-refractivity contribution is 0.00503. The summed E-state index contributed by atoms with van der Waals surface area (Å²) in [5.41, 5.74) is 2.46. The molecule has 0 bridgehead atoms. The number of ketones is 1. The van der Waals surface area contributed by atoms with Gasteiger partial charge in [-0.25, -0.2) is 0 Å². The van der Waals surface area contributed by atoms with E-state index in [0.717, 1.165) is 23.5 Å². The second-order valence-electron chi connectivity index (χ2n) is 13.7. The number of hydrogen-bond acceptors (Lipinski definition) is 3. The molecule has 0 heterocycles. The molecule has 208 valence electrons. The number of ether oxygens (including phenoxy) is 2. The summed E-state index contributed by atoms with van der Waals surface area (Å²) in [6, 6.07) is 25.7. The van der Waals surface area contributed by atoms with Crippen LogP contribution in [0.15, 0.2) is 84.9 Å². The normalized spacial score (nSPS) is 12.9. The number of carbonyl (C=O) groups is 1. The highest BCUT2D eigenvalue weighted by molar-refractivity contribution is 6.06. The van der Waals surface area contributed by atoms with E-state index < -0.39 is 11.2 Å². The lowest BCUT2D eigenvalue weighted by atomic mass is 9.72. The predicted molar refractivity (Wildman–Crippen MR) is 164 cm³/mol. The van der Waals surface area contributed by atoms with Gasteiger partial charge >= 0.3 is 0 Å². The molecule has 0 unspecified atom stereocenters. The molecule has 0 amide bonds. The lowest BCUT2D eigenvalue weighted by Crippen LogP contribution is -2.41. The third kappa shape index (κ3) is 9.73. The molecule has 0 fully saturated rings. The first-order valence-electron chi connectivity index (χ1n) is 13.9.